The number of nitrogens with zero attached hydrogens (tertiary/aromatic N) is 2. The highest BCUT2D eigenvalue weighted by Gasteiger charge is 2.32. The van der Waals surface area contributed by atoms with Gasteiger partial charge in [0.15, 0.2) is 11.0 Å². The first-order chi connectivity index (χ1) is 12.5. The van der Waals surface area contributed by atoms with Crippen LogP contribution in [0.2, 0.25) is 5.02 Å². The summed E-state index contributed by atoms with van der Waals surface area (Å²) in [7, 11) is 0. The molecule has 0 bridgehead atoms. The van der Waals surface area contributed by atoms with Crippen molar-refractivity contribution < 1.29 is 14.7 Å². The van der Waals surface area contributed by atoms with E-state index in [1.54, 1.807) is 48.5 Å². The summed E-state index contributed by atoms with van der Waals surface area (Å²) in [6.45, 7) is 0. The average Bonchev–Trinajstić information content (AvgIpc) is 2.96. The largest absolute Gasteiger partial charge is 0.507 e. The minimum Gasteiger partial charge on any atom is -0.507 e. The van der Waals surface area contributed by atoms with Gasteiger partial charge in [-0.1, -0.05) is 35.5 Å². The molecule has 1 amide bonds. The van der Waals surface area contributed by atoms with Crippen molar-refractivity contribution in [2.45, 2.75) is 11.7 Å². The van der Waals surface area contributed by atoms with Gasteiger partial charge in [-0.2, -0.15) is 5.10 Å². The minimum atomic E-state index is -0.558. The van der Waals surface area contributed by atoms with Crippen LogP contribution in [0.3, 0.4) is 0 Å². The lowest BCUT2D eigenvalue weighted by molar-refractivity contribution is -0.118. The zero-order valence-corrected chi connectivity index (χ0v) is 15.0. The fourth-order valence-corrected chi connectivity index (χ4v) is 3.30. The highest BCUT2D eigenvalue weighted by Crippen LogP contribution is 2.24. The van der Waals surface area contributed by atoms with E-state index >= 15 is 0 Å². The number of carbonyl (C=O) groups is 2. The van der Waals surface area contributed by atoms with Gasteiger partial charge in [0, 0.05) is 22.6 Å². The molecule has 0 unspecified atom stereocenters. The molecule has 1 aliphatic heterocycles. The molecule has 1 aliphatic rings. The van der Waals surface area contributed by atoms with Gasteiger partial charge in [0.05, 0.1) is 11.5 Å². The molecule has 6 nitrogen and oxygen atoms in total. The van der Waals surface area contributed by atoms with E-state index in [0.717, 1.165) is 11.8 Å². The Morgan fingerprint density at radius 1 is 1.23 bits per heavy atom. The third-order valence-corrected chi connectivity index (χ3v) is 4.92. The third kappa shape index (κ3) is 4.50. The summed E-state index contributed by atoms with van der Waals surface area (Å²) < 4.78 is 0. The fraction of sp³-hybridized carbons (Fsp3) is 0.111. The molecule has 1 heterocycles. The highest BCUT2D eigenvalue weighted by atomic mass is 35.5. The number of amides is 1. The van der Waals surface area contributed by atoms with Crippen molar-refractivity contribution in [3.8, 4) is 5.75 Å². The van der Waals surface area contributed by atoms with Crippen LogP contribution in [0.5, 0.6) is 5.75 Å². The molecule has 0 saturated carbocycles. The number of amidine groups is 1. The van der Waals surface area contributed by atoms with Gasteiger partial charge in [-0.25, -0.2) is 0 Å². The van der Waals surface area contributed by atoms with Crippen LogP contribution in [0.25, 0.3) is 0 Å². The maximum atomic E-state index is 12.3. The van der Waals surface area contributed by atoms with Crippen LogP contribution in [0.4, 0.5) is 0 Å². The van der Waals surface area contributed by atoms with Crippen LogP contribution < -0.4 is 5.32 Å². The van der Waals surface area contributed by atoms with Crippen molar-refractivity contribution in [3.05, 3.63) is 64.7 Å². The number of carbonyl (C=O) groups excluding carboxylic acids is 2. The lowest BCUT2D eigenvalue weighted by Crippen LogP contribution is -2.26. The number of nitrogens with one attached hydrogen (secondary N) is 1. The molecule has 3 rings (SSSR count). The van der Waals surface area contributed by atoms with Crippen LogP contribution in [0.1, 0.15) is 22.3 Å². The molecule has 2 aromatic carbocycles. The average molecular weight is 388 g/mol. The molecule has 1 fully saturated rings. The summed E-state index contributed by atoms with van der Waals surface area (Å²) in [5.41, 5.74) is 1.02. The number of para-hydroxylation sites is 1. The van der Waals surface area contributed by atoms with Crippen molar-refractivity contribution in [3.63, 3.8) is 0 Å². The van der Waals surface area contributed by atoms with Crippen LogP contribution >= 0.6 is 23.4 Å². The molecule has 0 aliphatic carbocycles. The van der Waals surface area contributed by atoms with E-state index in [1.165, 1.54) is 6.21 Å². The van der Waals surface area contributed by atoms with Gasteiger partial charge in [0.1, 0.15) is 5.75 Å². The second-order valence-corrected chi connectivity index (χ2v) is 7.07. The second kappa shape index (κ2) is 8.16. The summed E-state index contributed by atoms with van der Waals surface area (Å²) in [5, 5.41) is 20.3. The minimum absolute atomic E-state index is 0.0559. The van der Waals surface area contributed by atoms with E-state index in [-0.39, 0.29) is 23.9 Å². The number of phenolic OH excluding ortho intramolecular Hbond substituents is 1. The summed E-state index contributed by atoms with van der Waals surface area (Å²) in [4.78, 5) is 24.3. The Morgan fingerprint density at radius 3 is 2.69 bits per heavy atom. The zero-order chi connectivity index (χ0) is 18.5. The first-order valence-corrected chi connectivity index (χ1v) is 8.94. The lowest BCUT2D eigenvalue weighted by atomic mass is 10.1. The Kier molecular flexibility index (Phi) is 5.70. The van der Waals surface area contributed by atoms with Crippen molar-refractivity contribution in [1.82, 2.24) is 5.32 Å². The Morgan fingerprint density at radius 2 is 1.96 bits per heavy atom. The number of thioether (sulfide) groups is 1. The van der Waals surface area contributed by atoms with Crippen LogP contribution in [0.15, 0.2) is 58.7 Å². The van der Waals surface area contributed by atoms with Crippen molar-refractivity contribution in [2.75, 3.05) is 0 Å². The quantitative estimate of drug-likeness (QED) is 0.468. The summed E-state index contributed by atoms with van der Waals surface area (Å²) in [6, 6.07) is 13.2. The van der Waals surface area contributed by atoms with E-state index in [9.17, 15) is 14.7 Å². The lowest BCUT2D eigenvalue weighted by Gasteiger charge is -2.04. The maximum absolute atomic E-state index is 12.3. The molecule has 2 N–H and O–H groups in total. The molecule has 26 heavy (non-hydrogen) atoms. The number of benzene rings is 2. The van der Waals surface area contributed by atoms with Gasteiger partial charge < -0.3 is 10.4 Å². The first kappa shape index (κ1) is 18.2. The van der Waals surface area contributed by atoms with Gasteiger partial charge in [0.2, 0.25) is 5.91 Å². The highest BCUT2D eigenvalue weighted by molar-refractivity contribution is 8.15. The van der Waals surface area contributed by atoms with Gasteiger partial charge in [-0.3, -0.25) is 9.59 Å². The summed E-state index contributed by atoms with van der Waals surface area (Å²) >= 11 is 6.96. The normalized spacial score (nSPS) is 18.4. The number of aromatic hydroxyl groups is 1. The second-order valence-electron chi connectivity index (χ2n) is 5.44. The van der Waals surface area contributed by atoms with Crippen molar-refractivity contribution in [2.24, 2.45) is 10.2 Å². The Balaban J connectivity index is 1.62. The molecule has 8 heteroatoms. The predicted molar refractivity (Wildman–Crippen MR) is 103 cm³/mol. The summed E-state index contributed by atoms with van der Waals surface area (Å²) in [6.07, 6.45) is 1.45. The standard InChI is InChI=1S/C18H14ClN3O3S/c19-13-7-5-11(6-8-13)15(24)9-16-17(25)21-18(26-16)22-20-10-12-3-1-2-4-14(12)23/h1-8,10,16,23H,9H2,(H,21,22,25)/b20-10-/t16-/m0/s1. The number of ketones is 1. The van der Waals surface area contributed by atoms with E-state index in [2.05, 4.69) is 15.5 Å². The van der Waals surface area contributed by atoms with E-state index in [0.29, 0.717) is 21.3 Å². The van der Waals surface area contributed by atoms with E-state index in [4.69, 9.17) is 11.6 Å². The topological polar surface area (TPSA) is 91.1 Å². The van der Waals surface area contributed by atoms with Gasteiger partial charge >= 0.3 is 0 Å². The van der Waals surface area contributed by atoms with E-state index in [1.807, 2.05) is 0 Å². The zero-order valence-electron chi connectivity index (χ0n) is 13.4. The monoisotopic (exact) mass is 387 g/mol. The SMILES string of the molecule is O=C(C[C@@H]1S/C(=N\N=C/c2ccccc2O)NC1=O)c1ccc(Cl)cc1. The van der Waals surface area contributed by atoms with Crippen LogP contribution in [0, 0.1) is 0 Å². The van der Waals surface area contributed by atoms with Gasteiger partial charge in [0.25, 0.3) is 0 Å². The molecular weight excluding hydrogens is 374 g/mol. The molecule has 132 valence electrons. The molecule has 1 saturated heterocycles. The number of rotatable bonds is 5. The Hall–Kier alpha value is -2.64. The molecule has 0 aromatic heterocycles. The third-order valence-electron chi connectivity index (χ3n) is 3.60. The number of Topliss-reactive ketones (excluding diaryl/α,β-unsaturated/α-hetero) is 1. The maximum Gasteiger partial charge on any atom is 0.240 e. The molecule has 0 radical (unpaired) electrons. The van der Waals surface area contributed by atoms with Crippen LogP contribution in [-0.4, -0.2) is 33.4 Å². The molecule has 0 spiro atoms. The first-order valence-electron chi connectivity index (χ1n) is 7.68. The van der Waals surface area contributed by atoms with Gasteiger partial charge in [-0.15, -0.1) is 5.10 Å². The van der Waals surface area contributed by atoms with Crippen LogP contribution in [-0.2, 0) is 4.79 Å². The molecule has 2 aromatic rings. The number of hydrogen-bond acceptors (Lipinski definition) is 6. The Labute approximate surface area is 159 Å². The smallest absolute Gasteiger partial charge is 0.240 e. The molecule has 1 atom stereocenters. The van der Waals surface area contributed by atoms with Gasteiger partial charge in [-0.05, 0) is 36.4 Å². The van der Waals surface area contributed by atoms with Crippen molar-refractivity contribution in [1.29, 1.82) is 0 Å². The Bertz CT molecular complexity index is 897. The fourth-order valence-electron chi connectivity index (χ4n) is 2.25. The number of phenols is 1. The van der Waals surface area contributed by atoms with E-state index < -0.39 is 5.25 Å². The summed E-state index contributed by atoms with van der Waals surface area (Å²) in [5.74, 6) is -0.340. The van der Waals surface area contributed by atoms with Crippen molar-refractivity contribution >= 4 is 46.4 Å². The predicted octanol–water partition coefficient (Wildman–Crippen LogP) is 3.24. The number of hydrogen-bond donors (Lipinski definition) is 2. The molecular formula is C18H14ClN3O3S. The number of halogens is 1.